The molecule has 0 aliphatic carbocycles. The van der Waals surface area contributed by atoms with Crippen molar-refractivity contribution < 1.29 is 4.39 Å². The Balaban J connectivity index is 1.85. The van der Waals surface area contributed by atoms with E-state index in [1.807, 2.05) is 6.20 Å². The first kappa shape index (κ1) is 12.6. The molecular weight excluding hydrogens is 267 g/mol. The van der Waals surface area contributed by atoms with Crippen LogP contribution in [0.5, 0.6) is 0 Å². The van der Waals surface area contributed by atoms with Crippen LogP contribution in [0.3, 0.4) is 0 Å². The fourth-order valence-corrected chi connectivity index (χ4v) is 2.47. The van der Waals surface area contributed by atoms with Crippen molar-refractivity contribution in [2.45, 2.75) is 25.3 Å². The van der Waals surface area contributed by atoms with Crippen LogP contribution >= 0.6 is 11.6 Å². The van der Waals surface area contributed by atoms with Crippen LogP contribution in [-0.4, -0.2) is 21.5 Å². The fourth-order valence-electron chi connectivity index (χ4n) is 2.29. The minimum atomic E-state index is -0.431. The number of nitrogens with zero attached hydrogens (tertiary/aromatic N) is 3. The van der Waals surface area contributed by atoms with Crippen molar-refractivity contribution in [3.05, 3.63) is 40.9 Å². The first-order valence-electron chi connectivity index (χ1n) is 6.35. The molecule has 0 radical (unpaired) electrons. The van der Waals surface area contributed by atoms with E-state index in [0.29, 0.717) is 5.69 Å². The smallest absolute Gasteiger partial charge is 0.141 e. The van der Waals surface area contributed by atoms with E-state index in [1.54, 1.807) is 16.8 Å². The van der Waals surface area contributed by atoms with Crippen molar-refractivity contribution in [3.63, 3.8) is 0 Å². The minimum Gasteiger partial charge on any atom is -0.309 e. The monoisotopic (exact) mass is 280 g/mol. The van der Waals surface area contributed by atoms with Gasteiger partial charge in [-0.2, -0.15) is 0 Å². The number of piperidine rings is 1. The zero-order valence-corrected chi connectivity index (χ0v) is 11.1. The second-order valence-electron chi connectivity index (χ2n) is 4.69. The average molecular weight is 281 g/mol. The lowest BCUT2D eigenvalue weighted by atomic mass is 10.0. The Hall–Kier alpha value is -1.46. The number of benzene rings is 1. The molecule has 2 heterocycles. The van der Waals surface area contributed by atoms with Crippen LogP contribution in [0.25, 0.3) is 5.69 Å². The Morgan fingerprint density at radius 3 is 3.00 bits per heavy atom. The molecule has 1 atom stereocenters. The number of hydrogen-bond donors (Lipinski definition) is 1. The largest absolute Gasteiger partial charge is 0.309 e. The molecular formula is C13H14ClFN4. The minimum absolute atomic E-state index is 0.0883. The summed E-state index contributed by atoms with van der Waals surface area (Å²) in [6, 6.07) is 4.77. The number of aromatic nitrogens is 3. The summed E-state index contributed by atoms with van der Waals surface area (Å²) in [7, 11) is 0. The third-order valence-electron chi connectivity index (χ3n) is 3.35. The third kappa shape index (κ3) is 2.62. The van der Waals surface area contributed by atoms with Gasteiger partial charge in [0.25, 0.3) is 0 Å². The summed E-state index contributed by atoms with van der Waals surface area (Å²) in [5.41, 5.74) is 1.63. The first-order valence-corrected chi connectivity index (χ1v) is 6.73. The molecule has 1 aromatic carbocycles. The average Bonchev–Trinajstić information content (AvgIpc) is 2.93. The summed E-state index contributed by atoms with van der Waals surface area (Å²) < 4.78 is 14.7. The Bertz CT molecular complexity index is 578. The summed E-state index contributed by atoms with van der Waals surface area (Å²) in [6.45, 7) is 1.01. The molecule has 100 valence electrons. The summed E-state index contributed by atoms with van der Waals surface area (Å²) in [5, 5.41) is 11.8. The van der Waals surface area contributed by atoms with Gasteiger partial charge in [-0.05, 0) is 37.6 Å². The molecule has 19 heavy (non-hydrogen) atoms. The van der Waals surface area contributed by atoms with Gasteiger partial charge in [0, 0.05) is 0 Å². The summed E-state index contributed by atoms with van der Waals surface area (Å²) in [4.78, 5) is 0. The van der Waals surface area contributed by atoms with Gasteiger partial charge in [-0.3, -0.25) is 0 Å². The highest BCUT2D eigenvalue weighted by Crippen LogP contribution is 2.22. The molecule has 0 saturated carbocycles. The lowest BCUT2D eigenvalue weighted by Crippen LogP contribution is -2.27. The van der Waals surface area contributed by atoms with E-state index in [4.69, 9.17) is 11.6 Å². The molecule has 1 aliphatic rings. The van der Waals surface area contributed by atoms with Crippen molar-refractivity contribution in [2.75, 3.05) is 6.54 Å². The van der Waals surface area contributed by atoms with Crippen LogP contribution in [0, 0.1) is 5.82 Å². The second-order valence-corrected chi connectivity index (χ2v) is 5.10. The van der Waals surface area contributed by atoms with Gasteiger partial charge in [-0.15, -0.1) is 5.10 Å². The van der Waals surface area contributed by atoms with Crippen molar-refractivity contribution in [1.29, 1.82) is 0 Å². The quantitative estimate of drug-likeness (QED) is 0.920. The van der Waals surface area contributed by atoms with Crippen molar-refractivity contribution >= 4 is 11.6 Å². The van der Waals surface area contributed by atoms with Gasteiger partial charge < -0.3 is 5.32 Å². The van der Waals surface area contributed by atoms with Crippen LogP contribution < -0.4 is 5.32 Å². The molecule has 3 rings (SSSR count). The van der Waals surface area contributed by atoms with Crippen LogP contribution in [-0.2, 0) is 0 Å². The maximum absolute atomic E-state index is 13.1. The van der Waals surface area contributed by atoms with Gasteiger partial charge in [-0.1, -0.05) is 23.2 Å². The predicted molar refractivity (Wildman–Crippen MR) is 70.9 cm³/mol. The summed E-state index contributed by atoms with van der Waals surface area (Å²) >= 11 is 5.77. The lowest BCUT2D eigenvalue weighted by Gasteiger charge is -2.20. The molecule has 1 saturated heterocycles. The van der Waals surface area contributed by atoms with E-state index in [0.717, 1.165) is 18.7 Å². The Morgan fingerprint density at radius 1 is 1.37 bits per heavy atom. The summed E-state index contributed by atoms with van der Waals surface area (Å²) in [6.07, 6.45) is 5.35. The van der Waals surface area contributed by atoms with Crippen molar-refractivity contribution in [1.82, 2.24) is 20.3 Å². The fraction of sp³-hybridized carbons (Fsp3) is 0.385. The standard InChI is InChI=1S/C13H14ClFN4/c14-10-7-9(4-5-11(10)15)19-8-13(17-18-19)12-3-1-2-6-16-12/h4-5,7-8,12,16H,1-3,6H2. The zero-order valence-electron chi connectivity index (χ0n) is 10.3. The van der Waals surface area contributed by atoms with E-state index in [9.17, 15) is 4.39 Å². The van der Waals surface area contributed by atoms with E-state index >= 15 is 0 Å². The number of nitrogens with one attached hydrogen (secondary N) is 1. The molecule has 6 heteroatoms. The van der Waals surface area contributed by atoms with Crippen LogP contribution in [0.4, 0.5) is 4.39 Å². The molecule has 2 aromatic rings. The van der Waals surface area contributed by atoms with Crippen molar-refractivity contribution in [2.24, 2.45) is 0 Å². The van der Waals surface area contributed by atoms with E-state index < -0.39 is 5.82 Å². The molecule has 1 unspecified atom stereocenters. The Kier molecular flexibility index (Phi) is 3.48. The molecule has 4 nitrogen and oxygen atoms in total. The van der Waals surface area contributed by atoms with E-state index in [2.05, 4.69) is 15.6 Å². The Labute approximate surface area is 115 Å². The summed E-state index contributed by atoms with van der Waals surface area (Å²) in [5.74, 6) is -0.431. The highest BCUT2D eigenvalue weighted by atomic mass is 35.5. The third-order valence-corrected chi connectivity index (χ3v) is 3.64. The highest BCUT2D eigenvalue weighted by molar-refractivity contribution is 6.30. The van der Waals surface area contributed by atoms with Gasteiger partial charge in [0.1, 0.15) is 11.5 Å². The van der Waals surface area contributed by atoms with Gasteiger partial charge >= 0.3 is 0 Å². The van der Waals surface area contributed by atoms with Crippen LogP contribution in [0.1, 0.15) is 31.0 Å². The second kappa shape index (κ2) is 5.27. The zero-order chi connectivity index (χ0) is 13.2. The molecule has 1 aliphatic heterocycles. The number of halogens is 2. The highest BCUT2D eigenvalue weighted by Gasteiger charge is 2.18. The van der Waals surface area contributed by atoms with Crippen molar-refractivity contribution in [3.8, 4) is 5.69 Å². The molecule has 1 fully saturated rings. The van der Waals surface area contributed by atoms with E-state index in [-0.39, 0.29) is 11.1 Å². The Morgan fingerprint density at radius 2 is 2.26 bits per heavy atom. The number of hydrogen-bond acceptors (Lipinski definition) is 3. The molecule has 0 amide bonds. The molecule has 0 bridgehead atoms. The first-order chi connectivity index (χ1) is 9.24. The SMILES string of the molecule is Fc1ccc(-n2cc(C3CCCCN3)nn2)cc1Cl. The van der Waals surface area contributed by atoms with E-state index in [1.165, 1.54) is 18.9 Å². The van der Waals surface area contributed by atoms with Gasteiger partial charge in [0.2, 0.25) is 0 Å². The van der Waals surface area contributed by atoms with Gasteiger partial charge in [0.05, 0.1) is 22.9 Å². The lowest BCUT2D eigenvalue weighted by molar-refractivity contribution is 0.405. The number of rotatable bonds is 2. The molecule has 1 N–H and O–H groups in total. The topological polar surface area (TPSA) is 42.7 Å². The van der Waals surface area contributed by atoms with Gasteiger partial charge in [-0.25, -0.2) is 9.07 Å². The predicted octanol–water partition coefficient (Wildman–Crippen LogP) is 2.87. The maximum atomic E-state index is 13.1. The van der Waals surface area contributed by atoms with Gasteiger partial charge in [0.15, 0.2) is 0 Å². The normalized spacial score (nSPS) is 19.6. The van der Waals surface area contributed by atoms with Crippen LogP contribution in [0.15, 0.2) is 24.4 Å². The maximum Gasteiger partial charge on any atom is 0.141 e. The van der Waals surface area contributed by atoms with Crippen LogP contribution in [0.2, 0.25) is 5.02 Å². The molecule has 1 aromatic heterocycles. The molecule has 0 spiro atoms.